The molecule has 0 saturated carbocycles. The molecule has 0 nitrogen and oxygen atoms in total. The van der Waals surface area contributed by atoms with Gasteiger partial charge in [-0.05, 0) is 13.3 Å². The average Bonchev–Trinajstić information content (AvgIpc) is 2.56. The van der Waals surface area contributed by atoms with E-state index in [9.17, 15) is 8.78 Å². The highest BCUT2D eigenvalue weighted by Gasteiger charge is 2.33. The van der Waals surface area contributed by atoms with E-state index in [1.807, 2.05) is 13.8 Å². The van der Waals surface area contributed by atoms with E-state index in [2.05, 4.69) is 6.58 Å². The average molecular weight is 265 g/mol. The summed E-state index contributed by atoms with van der Waals surface area (Å²) in [4.78, 5) is -0.0514. The first-order chi connectivity index (χ1) is 7.35. The summed E-state index contributed by atoms with van der Waals surface area (Å²) in [5.41, 5.74) is 1.05. The van der Waals surface area contributed by atoms with E-state index in [-0.39, 0.29) is 16.3 Å². The van der Waals surface area contributed by atoms with Crippen LogP contribution in [0.15, 0.2) is 0 Å². The van der Waals surface area contributed by atoms with E-state index in [1.54, 1.807) is 0 Å². The molecule has 0 fully saturated rings. The summed E-state index contributed by atoms with van der Waals surface area (Å²) >= 11 is 7.00. The van der Waals surface area contributed by atoms with Gasteiger partial charge in [-0.25, -0.2) is 8.78 Å². The van der Waals surface area contributed by atoms with Crippen molar-refractivity contribution in [2.45, 2.75) is 39.5 Å². The summed E-state index contributed by atoms with van der Waals surface area (Å²) in [6.07, 6.45) is 0.577. The Balaban J connectivity index is 3.55. The lowest BCUT2D eigenvalue weighted by Crippen LogP contribution is -2.19. The first-order valence-corrected chi connectivity index (χ1v) is 6.39. The first-order valence-electron chi connectivity index (χ1n) is 5.20. The van der Waals surface area contributed by atoms with Gasteiger partial charge in [-0.1, -0.05) is 37.6 Å². The van der Waals surface area contributed by atoms with E-state index in [0.717, 1.165) is 27.9 Å². The number of hydrogen-bond donors (Lipinski definition) is 0. The monoisotopic (exact) mass is 264 g/mol. The van der Waals surface area contributed by atoms with Crippen LogP contribution < -0.4 is 9.75 Å². The molecule has 0 aromatic carbocycles. The van der Waals surface area contributed by atoms with Crippen LogP contribution in [0.4, 0.5) is 8.78 Å². The van der Waals surface area contributed by atoms with Gasteiger partial charge in [-0.15, -0.1) is 11.3 Å². The third-order valence-electron chi connectivity index (χ3n) is 2.64. The lowest BCUT2D eigenvalue weighted by atomic mass is 10.2. The van der Waals surface area contributed by atoms with Crippen molar-refractivity contribution in [1.29, 1.82) is 0 Å². The van der Waals surface area contributed by atoms with Crippen LogP contribution in [0.1, 0.15) is 38.5 Å². The molecule has 0 unspecified atom stereocenters. The highest BCUT2D eigenvalue weighted by Crippen LogP contribution is 2.36. The van der Waals surface area contributed by atoms with Crippen LogP contribution in [0.5, 0.6) is 0 Å². The molecule has 1 aromatic heterocycles. The van der Waals surface area contributed by atoms with Crippen LogP contribution in [0.3, 0.4) is 0 Å². The summed E-state index contributed by atoms with van der Waals surface area (Å²) in [5, 5.41) is 0.661. The van der Waals surface area contributed by atoms with Crippen molar-refractivity contribution in [1.82, 2.24) is 0 Å². The smallest absolute Gasteiger partial charge is 0.200 e. The maximum atomic E-state index is 13.6. The quantitative estimate of drug-likeness (QED) is 0.777. The topological polar surface area (TPSA) is 0 Å². The van der Waals surface area contributed by atoms with E-state index in [4.69, 9.17) is 11.6 Å². The summed E-state index contributed by atoms with van der Waals surface area (Å²) in [5.74, 6) is -2.85. The number of alkyl halides is 2. The second-order valence-electron chi connectivity index (χ2n) is 3.74. The van der Waals surface area contributed by atoms with Crippen LogP contribution in [-0.4, -0.2) is 0 Å². The molecule has 0 N–H and O–H groups in total. The van der Waals surface area contributed by atoms with Crippen molar-refractivity contribution in [3.8, 4) is 0 Å². The van der Waals surface area contributed by atoms with E-state index in [1.165, 1.54) is 6.92 Å². The minimum atomic E-state index is -2.85. The second kappa shape index (κ2) is 4.84. The van der Waals surface area contributed by atoms with Crippen molar-refractivity contribution >= 4 is 35.1 Å². The van der Waals surface area contributed by atoms with E-state index >= 15 is 0 Å². The summed E-state index contributed by atoms with van der Waals surface area (Å²) < 4.78 is 28.0. The van der Waals surface area contributed by atoms with Gasteiger partial charge < -0.3 is 0 Å². The van der Waals surface area contributed by atoms with Gasteiger partial charge in [0.1, 0.15) is 0 Å². The molecule has 4 heteroatoms. The Labute approximate surface area is 103 Å². The third-order valence-corrected chi connectivity index (χ3v) is 4.67. The van der Waals surface area contributed by atoms with Gasteiger partial charge in [0.05, 0.1) is 9.90 Å². The number of rotatable bonds is 3. The molecular formula is C12H15ClF2S. The minimum absolute atomic E-state index is 0.0514. The van der Waals surface area contributed by atoms with Crippen molar-refractivity contribution in [2.24, 2.45) is 0 Å². The van der Waals surface area contributed by atoms with Gasteiger partial charge in [-0.2, -0.15) is 0 Å². The Bertz CT molecular complexity index is 488. The van der Waals surface area contributed by atoms with Crippen LogP contribution in [0, 0.1) is 0 Å². The van der Waals surface area contributed by atoms with Gasteiger partial charge in [-0.3, -0.25) is 0 Å². The predicted octanol–water partition coefficient (Wildman–Crippen LogP) is 3.89. The SMILES string of the molecule is C=c1c(Cl)c(C(F)(F)CC)s/c1=C(\C)CC. The van der Waals surface area contributed by atoms with Crippen LogP contribution >= 0.6 is 22.9 Å². The van der Waals surface area contributed by atoms with Gasteiger partial charge in [0.25, 0.3) is 5.92 Å². The summed E-state index contributed by atoms with van der Waals surface area (Å²) in [7, 11) is 0. The summed E-state index contributed by atoms with van der Waals surface area (Å²) in [6.45, 7) is 9.14. The highest BCUT2D eigenvalue weighted by molar-refractivity contribution is 7.10. The number of halogens is 3. The highest BCUT2D eigenvalue weighted by atomic mass is 35.5. The molecule has 0 spiro atoms. The summed E-state index contributed by atoms with van der Waals surface area (Å²) in [6, 6.07) is 0. The molecule has 1 rings (SSSR count). The standard InChI is InChI=1S/C12H15ClF2S/c1-5-7(3)10-8(4)9(13)11(16-10)12(14,15)6-2/h4-6H2,1-3H3/b10-7+. The Kier molecular flexibility index (Phi) is 4.13. The minimum Gasteiger partial charge on any atom is -0.200 e. The van der Waals surface area contributed by atoms with Crippen molar-refractivity contribution in [2.75, 3.05) is 0 Å². The Morgan fingerprint density at radius 1 is 1.44 bits per heavy atom. The normalized spacial score (nSPS) is 14.1. The lowest BCUT2D eigenvalue weighted by molar-refractivity contribution is -0.00433. The molecule has 0 radical (unpaired) electrons. The molecule has 0 aliphatic carbocycles. The Hall–Kier alpha value is -0.410. The van der Waals surface area contributed by atoms with Crippen LogP contribution in [0.2, 0.25) is 5.02 Å². The maximum Gasteiger partial charge on any atom is 0.283 e. The molecule has 0 amide bonds. The zero-order valence-electron chi connectivity index (χ0n) is 9.66. The fourth-order valence-electron chi connectivity index (χ4n) is 1.35. The zero-order chi connectivity index (χ0) is 12.5. The largest absolute Gasteiger partial charge is 0.283 e. The van der Waals surface area contributed by atoms with Crippen molar-refractivity contribution < 1.29 is 8.78 Å². The molecule has 0 atom stereocenters. The molecule has 1 heterocycles. The van der Waals surface area contributed by atoms with Gasteiger partial charge >= 0.3 is 0 Å². The van der Waals surface area contributed by atoms with Crippen LogP contribution in [-0.2, 0) is 5.92 Å². The molecule has 1 aromatic rings. The lowest BCUT2D eigenvalue weighted by Gasteiger charge is -2.11. The van der Waals surface area contributed by atoms with Gasteiger partial charge in [0.15, 0.2) is 0 Å². The van der Waals surface area contributed by atoms with Crippen LogP contribution in [0.25, 0.3) is 12.2 Å². The fourth-order valence-corrected chi connectivity index (χ4v) is 3.01. The van der Waals surface area contributed by atoms with Gasteiger partial charge in [0.2, 0.25) is 0 Å². The second-order valence-corrected chi connectivity index (χ2v) is 5.14. The fraction of sp³-hybridized carbons (Fsp3) is 0.500. The predicted molar refractivity (Wildman–Crippen MR) is 67.7 cm³/mol. The maximum absolute atomic E-state index is 13.6. The molecular weight excluding hydrogens is 250 g/mol. The van der Waals surface area contributed by atoms with E-state index in [0.29, 0.717) is 5.22 Å². The number of hydrogen-bond acceptors (Lipinski definition) is 1. The zero-order valence-corrected chi connectivity index (χ0v) is 11.2. The Morgan fingerprint density at radius 3 is 2.44 bits per heavy atom. The molecule has 0 bridgehead atoms. The molecule has 16 heavy (non-hydrogen) atoms. The molecule has 0 saturated heterocycles. The molecule has 0 aliphatic heterocycles. The van der Waals surface area contributed by atoms with Gasteiger partial charge in [0, 0.05) is 16.2 Å². The Morgan fingerprint density at radius 2 is 2.00 bits per heavy atom. The molecule has 0 aliphatic rings. The van der Waals surface area contributed by atoms with Crippen molar-refractivity contribution in [3.05, 3.63) is 19.7 Å². The first kappa shape index (κ1) is 13.7. The van der Waals surface area contributed by atoms with E-state index < -0.39 is 5.92 Å². The molecule has 90 valence electrons. The number of thiophene rings is 1. The third kappa shape index (κ3) is 2.30. The van der Waals surface area contributed by atoms with Crippen molar-refractivity contribution in [3.63, 3.8) is 0 Å².